The van der Waals surface area contributed by atoms with Gasteiger partial charge in [-0.1, -0.05) is 97.1 Å². The Labute approximate surface area is 183 Å². The summed E-state index contributed by atoms with van der Waals surface area (Å²) in [5.41, 5.74) is 8.73. The number of hydrogen-bond acceptors (Lipinski definition) is 1. The molecule has 1 N–H and O–H groups in total. The molecular weight excluding hydrogens is 374 g/mol. The standard InChI is InChI=1S/C30H23N/c1-30(26-14-6-4-12-24(26)25-13-5-7-15-27(25)30)28-16-8-9-17-29(28)31-23-19-18-21-10-2-3-11-22(21)20-23/h2-20,31H,1H3. The number of nitrogens with one attached hydrogen (secondary N) is 1. The third-order valence-corrected chi connectivity index (χ3v) is 6.72. The topological polar surface area (TPSA) is 12.0 Å². The molecule has 0 saturated carbocycles. The van der Waals surface area contributed by atoms with Crippen molar-refractivity contribution >= 4 is 22.1 Å². The van der Waals surface area contributed by atoms with Gasteiger partial charge in [0.05, 0.1) is 0 Å². The molecule has 0 bridgehead atoms. The first kappa shape index (κ1) is 18.0. The van der Waals surface area contributed by atoms with Gasteiger partial charge >= 0.3 is 0 Å². The van der Waals surface area contributed by atoms with E-state index in [9.17, 15) is 0 Å². The molecule has 0 saturated heterocycles. The molecule has 5 aromatic rings. The summed E-state index contributed by atoms with van der Waals surface area (Å²) in [5, 5.41) is 6.23. The van der Waals surface area contributed by atoms with Crippen LogP contribution in [0.2, 0.25) is 0 Å². The van der Waals surface area contributed by atoms with Gasteiger partial charge in [0.2, 0.25) is 0 Å². The third-order valence-electron chi connectivity index (χ3n) is 6.72. The first-order valence-corrected chi connectivity index (χ1v) is 10.8. The van der Waals surface area contributed by atoms with E-state index in [1.54, 1.807) is 0 Å². The van der Waals surface area contributed by atoms with Crippen LogP contribution in [0.15, 0.2) is 115 Å². The smallest absolute Gasteiger partial charge is 0.0456 e. The average molecular weight is 398 g/mol. The fourth-order valence-corrected chi connectivity index (χ4v) is 5.19. The van der Waals surface area contributed by atoms with Crippen molar-refractivity contribution in [3.05, 3.63) is 132 Å². The van der Waals surface area contributed by atoms with Crippen LogP contribution in [0.4, 0.5) is 11.4 Å². The predicted octanol–water partition coefficient (Wildman–Crippen LogP) is 7.92. The number of benzene rings is 5. The van der Waals surface area contributed by atoms with Crippen molar-refractivity contribution in [1.29, 1.82) is 0 Å². The molecule has 0 aromatic heterocycles. The summed E-state index contributed by atoms with van der Waals surface area (Å²) in [4.78, 5) is 0. The van der Waals surface area contributed by atoms with E-state index in [-0.39, 0.29) is 5.41 Å². The van der Waals surface area contributed by atoms with Crippen LogP contribution in [-0.4, -0.2) is 0 Å². The third kappa shape index (κ3) is 2.70. The lowest BCUT2D eigenvalue weighted by molar-refractivity contribution is 0.716. The fraction of sp³-hybridized carbons (Fsp3) is 0.0667. The normalized spacial score (nSPS) is 13.6. The maximum absolute atomic E-state index is 3.73. The van der Waals surface area contributed by atoms with Gasteiger partial charge in [-0.3, -0.25) is 0 Å². The van der Waals surface area contributed by atoms with Gasteiger partial charge in [0.1, 0.15) is 0 Å². The predicted molar refractivity (Wildman–Crippen MR) is 131 cm³/mol. The zero-order valence-corrected chi connectivity index (χ0v) is 17.5. The van der Waals surface area contributed by atoms with Crippen molar-refractivity contribution in [2.75, 3.05) is 5.32 Å². The van der Waals surface area contributed by atoms with E-state index in [1.165, 1.54) is 38.6 Å². The zero-order chi connectivity index (χ0) is 20.8. The van der Waals surface area contributed by atoms with Crippen LogP contribution in [0.1, 0.15) is 23.6 Å². The van der Waals surface area contributed by atoms with Crippen molar-refractivity contribution in [2.45, 2.75) is 12.3 Å². The number of anilines is 2. The highest BCUT2D eigenvalue weighted by Gasteiger charge is 2.41. The first-order chi connectivity index (χ1) is 15.2. The minimum Gasteiger partial charge on any atom is -0.355 e. The Morgan fingerprint density at radius 2 is 1.06 bits per heavy atom. The summed E-state index contributed by atoms with van der Waals surface area (Å²) >= 11 is 0. The van der Waals surface area contributed by atoms with Crippen LogP contribution in [0, 0.1) is 0 Å². The molecule has 1 aliphatic rings. The number of fused-ring (bicyclic) bond motifs is 4. The second-order valence-electron chi connectivity index (χ2n) is 8.45. The van der Waals surface area contributed by atoms with Crippen molar-refractivity contribution in [1.82, 2.24) is 0 Å². The Morgan fingerprint density at radius 3 is 1.77 bits per heavy atom. The molecule has 0 aliphatic heterocycles. The first-order valence-electron chi connectivity index (χ1n) is 10.8. The fourth-order valence-electron chi connectivity index (χ4n) is 5.19. The summed E-state index contributed by atoms with van der Waals surface area (Å²) in [6, 6.07) is 41.4. The van der Waals surface area contributed by atoms with Crippen molar-refractivity contribution in [2.24, 2.45) is 0 Å². The largest absolute Gasteiger partial charge is 0.355 e. The summed E-state index contributed by atoms with van der Waals surface area (Å²) in [7, 11) is 0. The summed E-state index contributed by atoms with van der Waals surface area (Å²) in [6.07, 6.45) is 0. The SMILES string of the molecule is CC1(c2ccccc2Nc2ccc3ccccc3c2)c2ccccc2-c2ccccc21. The lowest BCUT2D eigenvalue weighted by Gasteiger charge is -2.30. The molecule has 1 heteroatoms. The molecule has 1 nitrogen and oxygen atoms in total. The van der Waals surface area contributed by atoms with E-state index in [4.69, 9.17) is 0 Å². The van der Waals surface area contributed by atoms with Crippen LogP contribution in [0.5, 0.6) is 0 Å². The van der Waals surface area contributed by atoms with Gasteiger partial charge in [-0.05, 0) is 63.7 Å². The van der Waals surface area contributed by atoms with Crippen LogP contribution in [0.3, 0.4) is 0 Å². The van der Waals surface area contributed by atoms with E-state index in [2.05, 4.69) is 128 Å². The van der Waals surface area contributed by atoms with Crippen molar-refractivity contribution in [3.8, 4) is 11.1 Å². The minimum atomic E-state index is -0.215. The molecule has 31 heavy (non-hydrogen) atoms. The quantitative estimate of drug-likeness (QED) is 0.326. The van der Waals surface area contributed by atoms with Gasteiger partial charge < -0.3 is 5.32 Å². The number of rotatable bonds is 3. The van der Waals surface area contributed by atoms with Crippen LogP contribution in [-0.2, 0) is 5.41 Å². The maximum atomic E-state index is 3.73. The van der Waals surface area contributed by atoms with Gasteiger partial charge in [0, 0.05) is 16.8 Å². The summed E-state index contributed by atoms with van der Waals surface area (Å²) in [5.74, 6) is 0. The number of hydrogen-bond donors (Lipinski definition) is 1. The molecule has 0 heterocycles. The molecule has 148 valence electrons. The summed E-state index contributed by atoms with van der Waals surface area (Å²) < 4.78 is 0. The molecule has 0 fully saturated rings. The molecule has 0 radical (unpaired) electrons. The second kappa shape index (κ2) is 6.85. The highest BCUT2D eigenvalue weighted by Crippen LogP contribution is 2.53. The lowest BCUT2D eigenvalue weighted by Crippen LogP contribution is -2.23. The van der Waals surface area contributed by atoms with E-state index < -0.39 is 0 Å². The van der Waals surface area contributed by atoms with E-state index in [0.717, 1.165) is 11.4 Å². The van der Waals surface area contributed by atoms with Gasteiger partial charge in [-0.25, -0.2) is 0 Å². The Hall–Kier alpha value is -3.84. The monoisotopic (exact) mass is 397 g/mol. The lowest BCUT2D eigenvalue weighted by atomic mass is 9.73. The number of para-hydroxylation sites is 1. The Kier molecular flexibility index (Phi) is 3.97. The molecule has 0 spiro atoms. The van der Waals surface area contributed by atoms with Crippen molar-refractivity contribution < 1.29 is 0 Å². The zero-order valence-electron chi connectivity index (χ0n) is 17.5. The molecule has 5 aromatic carbocycles. The van der Waals surface area contributed by atoms with E-state index in [0.29, 0.717) is 0 Å². The van der Waals surface area contributed by atoms with Gasteiger partial charge in [-0.2, -0.15) is 0 Å². The molecule has 0 atom stereocenters. The van der Waals surface area contributed by atoms with Crippen LogP contribution < -0.4 is 5.32 Å². The van der Waals surface area contributed by atoms with Crippen LogP contribution >= 0.6 is 0 Å². The molecular formula is C30H23N. The van der Waals surface area contributed by atoms with Gasteiger partial charge in [0.15, 0.2) is 0 Å². The van der Waals surface area contributed by atoms with E-state index in [1.807, 2.05) is 0 Å². The van der Waals surface area contributed by atoms with Crippen molar-refractivity contribution in [3.63, 3.8) is 0 Å². The minimum absolute atomic E-state index is 0.215. The highest BCUT2D eigenvalue weighted by atomic mass is 14.9. The second-order valence-corrected chi connectivity index (χ2v) is 8.45. The Bertz CT molecular complexity index is 1380. The van der Waals surface area contributed by atoms with Crippen LogP contribution in [0.25, 0.3) is 21.9 Å². The summed E-state index contributed by atoms with van der Waals surface area (Å²) in [6.45, 7) is 2.36. The molecule has 0 amide bonds. The molecule has 6 rings (SSSR count). The van der Waals surface area contributed by atoms with E-state index >= 15 is 0 Å². The average Bonchev–Trinajstić information content (AvgIpc) is 3.09. The van der Waals surface area contributed by atoms with Gasteiger partial charge in [-0.15, -0.1) is 0 Å². The molecule has 0 unspecified atom stereocenters. The molecule has 1 aliphatic carbocycles. The van der Waals surface area contributed by atoms with Gasteiger partial charge in [0.25, 0.3) is 0 Å². The Balaban J connectivity index is 1.52. The maximum Gasteiger partial charge on any atom is 0.0456 e. The Morgan fingerprint density at radius 1 is 0.516 bits per heavy atom. The highest BCUT2D eigenvalue weighted by molar-refractivity contribution is 5.88.